The van der Waals surface area contributed by atoms with Gasteiger partial charge in [0.1, 0.15) is 5.82 Å². The van der Waals surface area contributed by atoms with Crippen molar-refractivity contribution in [3.05, 3.63) is 29.6 Å². The molecule has 0 saturated heterocycles. The summed E-state index contributed by atoms with van der Waals surface area (Å²) in [6, 6.07) is 4.49. The van der Waals surface area contributed by atoms with Crippen LogP contribution in [0, 0.1) is 5.82 Å². The lowest BCUT2D eigenvalue weighted by atomic mass is 10.2. The molecule has 0 atom stereocenters. The molecule has 1 aromatic rings. The van der Waals surface area contributed by atoms with Crippen molar-refractivity contribution in [2.45, 2.75) is 6.29 Å². The molecule has 0 aromatic heterocycles. The van der Waals surface area contributed by atoms with Crippen LogP contribution < -0.4 is 11.1 Å². The van der Waals surface area contributed by atoms with Gasteiger partial charge in [0.25, 0.3) is 0 Å². The molecule has 0 aliphatic heterocycles. The van der Waals surface area contributed by atoms with Gasteiger partial charge < -0.3 is 20.5 Å². The maximum absolute atomic E-state index is 13.6. The third-order valence-electron chi connectivity index (χ3n) is 1.95. The number of thiocarbonyl (C=S) groups is 1. The highest BCUT2D eigenvalue weighted by atomic mass is 32.1. The Morgan fingerprint density at radius 3 is 2.50 bits per heavy atom. The van der Waals surface area contributed by atoms with Gasteiger partial charge in [-0.2, -0.15) is 0 Å². The van der Waals surface area contributed by atoms with Crippen LogP contribution in [0.3, 0.4) is 0 Å². The van der Waals surface area contributed by atoms with E-state index in [4.69, 9.17) is 15.2 Å². The fourth-order valence-electron chi connectivity index (χ4n) is 1.28. The highest BCUT2D eigenvalue weighted by Crippen LogP contribution is 2.22. The van der Waals surface area contributed by atoms with Crippen molar-refractivity contribution >= 4 is 23.0 Å². The summed E-state index contributed by atoms with van der Waals surface area (Å²) in [5, 5.41) is 2.54. The molecule has 0 fully saturated rings. The molecule has 16 heavy (non-hydrogen) atoms. The Morgan fingerprint density at radius 2 is 2.06 bits per heavy atom. The Hall–Kier alpha value is -1.24. The summed E-state index contributed by atoms with van der Waals surface area (Å²) in [5.41, 5.74) is 6.05. The number of rotatable bonds is 4. The normalized spacial score (nSPS) is 10.5. The second-order valence-corrected chi connectivity index (χ2v) is 3.47. The van der Waals surface area contributed by atoms with Gasteiger partial charge >= 0.3 is 0 Å². The zero-order valence-corrected chi connectivity index (χ0v) is 9.81. The number of anilines is 1. The summed E-state index contributed by atoms with van der Waals surface area (Å²) < 4.78 is 23.6. The maximum Gasteiger partial charge on any atom is 0.183 e. The second-order valence-electron chi connectivity index (χ2n) is 3.03. The molecule has 88 valence electrons. The first-order chi connectivity index (χ1) is 7.58. The van der Waals surface area contributed by atoms with E-state index in [1.807, 2.05) is 0 Å². The molecule has 1 rings (SSSR count). The van der Waals surface area contributed by atoms with Crippen molar-refractivity contribution in [1.29, 1.82) is 0 Å². The topological polar surface area (TPSA) is 56.5 Å². The number of halogens is 1. The van der Waals surface area contributed by atoms with E-state index in [9.17, 15) is 4.39 Å². The molecule has 3 N–H and O–H groups in total. The van der Waals surface area contributed by atoms with Crippen molar-refractivity contribution in [3.63, 3.8) is 0 Å². The van der Waals surface area contributed by atoms with E-state index in [2.05, 4.69) is 17.5 Å². The van der Waals surface area contributed by atoms with Crippen LogP contribution in [-0.2, 0) is 9.47 Å². The first-order valence-corrected chi connectivity index (χ1v) is 4.90. The van der Waals surface area contributed by atoms with Crippen molar-refractivity contribution in [3.8, 4) is 0 Å². The smallest absolute Gasteiger partial charge is 0.183 e. The van der Waals surface area contributed by atoms with Gasteiger partial charge in [-0.15, -0.1) is 0 Å². The number of benzene rings is 1. The number of nitrogens with one attached hydrogen (secondary N) is 1. The van der Waals surface area contributed by atoms with Gasteiger partial charge in [0.2, 0.25) is 0 Å². The fraction of sp³-hybridized carbons (Fsp3) is 0.300. The van der Waals surface area contributed by atoms with E-state index in [0.717, 1.165) is 0 Å². The lowest BCUT2D eigenvalue weighted by Gasteiger charge is -2.14. The van der Waals surface area contributed by atoms with E-state index >= 15 is 0 Å². The van der Waals surface area contributed by atoms with Crippen LogP contribution in [0.25, 0.3) is 0 Å². The third kappa shape index (κ3) is 3.13. The summed E-state index contributed by atoms with van der Waals surface area (Å²) in [6.07, 6.45) is -0.589. The summed E-state index contributed by atoms with van der Waals surface area (Å²) >= 11 is 4.62. The number of hydrogen-bond acceptors (Lipinski definition) is 3. The zero-order chi connectivity index (χ0) is 12.1. The van der Waals surface area contributed by atoms with Gasteiger partial charge in [-0.3, -0.25) is 0 Å². The molecule has 0 amide bonds. The first kappa shape index (κ1) is 12.8. The van der Waals surface area contributed by atoms with Crippen LogP contribution in [0.1, 0.15) is 11.9 Å². The van der Waals surface area contributed by atoms with Gasteiger partial charge in [-0.25, -0.2) is 4.39 Å². The number of ether oxygens (including phenoxy) is 2. The molecular formula is C10H13FN2O2S. The first-order valence-electron chi connectivity index (χ1n) is 4.50. The largest absolute Gasteiger partial charge is 0.376 e. The van der Waals surface area contributed by atoms with Crippen LogP contribution in [0.15, 0.2) is 18.2 Å². The van der Waals surface area contributed by atoms with Crippen molar-refractivity contribution < 1.29 is 13.9 Å². The Kier molecular flexibility index (Phi) is 4.60. The SMILES string of the molecule is COC(OC)c1ccc(NC(N)=S)c(F)c1. The summed E-state index contributed by atoms with van der Waals surface area (Å²) in [6.45, 7) is 0. The van der Waals surface area contributed by atoms with E-state index in [-0.39, 0.29) is 10.8 Å². The van der Waals surface area contributed by atoms with E-state index in [0.29, 0.717) is 5.56 Å². The fourth-order valence-corrected chi connectivity index (χ4v) is 1.39. The maximum atomic E-state index is 13.6. The standard InChI is InChI=1S/C10H13FN2O2S/c1-14-9(15-2)6-3-4-8(7(11)5-6)13-10(12)16/h3-5,9H,1-2H3,(H3,12,13,16). The number of hydrogen-bond donors (Lipinski definition) is 2. The van der Waals surface area contributed by atoms with Crippen LogP contribution >= 0.6 is 12.2 Å². The van der Waals surface area contributed by atoms with Crippen molar-refractivity contribution in [1.82, 2.24) is 0 Å². The highest BCUT2D eigenvalue weighted by Gasteiger charge is 2.11. The van der Waals surface area contributed by atoms with E-state index < -0.39 is 12.1 Å². The lowest BCUT2D eigenvalue weighted by Crippen LogP contribution is -2.19. The summed E-state index contributed by atoms with van der Waals surface area (Å²) in [4.78, 5) is 0. The van der Waals surface area contributed by atoms with Crippen LogP contribution in [0.2, 0.25) is 0 Å². The van der Waals surface area contributed by atoms with Crippen LogP contribution in [0.5, 0.6) is 0 Å². The molecule has 0 saturated carbocycles. The van der Waals surface area contributed by atoms with Gasteiger partial charge in [0.15, 0.2) is 11.4 Å². The number of nitrogens with two attached hydrogens (primary N) is 1. The van der Waals surface area contributed by atoms with Crippen LogP contribution in [-0.4, -0.2) is 19.3 Å². The molecule has 1 aromatic carbocycles. The monoisotopic (exact) mass is 244 g/mol. The molecular weight excluding hydrogens is 231 g/mol. The third-order valence-corrected chi connectivity index (χ3v) is 2.05. The van der Waals surface area contributed by atoms with Gasteiger partial charge in [0.05, 0.1) is 5.69 Å². The minimum Gasteiger partial charge on any atom is -0.376 e. The average molecular weight is 244 g/mol. The Morgan fingerprint density at radius 1 is 1.44 bits per heavy atom. The molecule has 0 aliphatic carbocycles. The minimum absolute atomic E-state index is 0.0154. The van der Waals surface area contributed by atoms with Gasteiger partial charge in [-0.05, 0) is 24.4 Å². The predicted molar refractivity (Wildman–Crippen MR) is 63.6 cm³/mol. The zero-order valence-electron chi connectivity index (χ0n) is 8.99. The lowest BCUT2D eigenvalue weighted by molar-refractivity contribution is -0.106. The second kappa shape index (κ2) is 5.74. The summed E-state index contributed by atoms with van der Waals surface area (Å²) in [7, 11) is 2.96. The molecule has 0 unspecified atom stereocenters. The Labute approximate surface area is 98.5 Å². The molecule has 0 radical (unpaired) electrons. The van der Waals surface area contributed by atoms with Crippen LogP contribution in [0.4, 0.5) is 10.1 Å². The summed E-state index contributed by atoms with van der Waals surface area (Å²) in [5.74, 6) is -0.468. The van der Waals surface area contributed by atoms with Crippen molar-refractivity contribution in [2.24, 2.45) is 5.73 Å². The molecule has 0 bridgehead atoms. The molecule has 0 spiro atoms. The van der Waals surface area contributed by atoms with E-state index in [1.54, 1.807) is 6.07 Å². The molecule has 4 nitrogen and oxygen atoms in total. The average Bonchev–Trinajstić information content (AvgIpc) is 2.23. The highest BCUT2D eigenvalue weighted by molar-refractivity contribution is 7.80. The predicted octanol–water partition coefficient (Wildman–Crippen LogP) is 1.77. The van der Waals surface area contributed by atoms with Gasteiger partial charge in [0, 0.05) is 19.8 Å². The number of methoxy groups -OCH3 is 2. The minimum atomic E-state index is -0.589. The molecule has 6 heteroatoms. The van der Waals surface area contributed by atoms with E-state index in [1.165, 1.54) is 26.4 Å². The molecule has 0 heterocycles. The Bertz CT molecular complexity index is 383. The van der Waals surface area contributed by atoms with Gasteiger partial charge in [-0.1, -0.05) is 6.07 Å². The quantitative estimate of drug-likeness (QED) is 0.624. The Balaban J connectivity index is 2.93. The van der Waals surface area contributed by atoms with Crippen molar-refractivity contribution in [2.75, 3.05) is 19.5 Å². The molecule has 0 aliphatic rings.